The van der Waals surface area contributed by atoms with Gasteiger partial charge in [-0.3, -0.25) is 0 Å². The lowest BCUT2D eigenvalue weighted by Crippen LogP contribution is -2.23. The number of hydrogen-bond donors (Lipinski definition) is 0. The minimum Gasteiger partial charge on any atom is -0.457 e. The van der Waals surface area contributed by atoms with Gasteiger partial charge in [0.2, 0.25) is 0 Å². The number of allylic oxidation sites excluding steroid dienone is 2. The van der Waals surface area contributed by atoms with E-state index in [1.807, 2.05) is 26.8 Å². The van der Waals surface area contributed by atoms with Crippen molar-refractivity contribution in [3.8, 4) is 0 Å². The van der Waals surface area contributed by atoms with Gasteiger partial charge in [0, 0.05) is 6.08 Å². The van der Waals surface area contributed by atoms with E-state index in [1.54, 1.807) is 6.08 Å². The summed E-state index contributed by atoms with van der Waals surface area (Å²) in [6, 6.07) is 0. The predicted molar refractivity (Wildman–Crippen MR) is 66.1 cm³/mol. The van der Waals surface area contributed by atoms with Crippen molar-refractivity contribution in [2.45, 2.75) is 52.1 Å². The molecule has 0 N–H and O–H groups in total. The average Bonchev–Trinajstić information content (AvgIpc) is 2.50. The molecule has 0 aromatic carbocycles. The van der Waals surface area contributed by atoms with Gasteiger partial charge in [0.25, 0.3) is 0 Å². The van der Waals surface area contributed by atoms with E-state index in [-0.39, 0.29) is 5.97 Å². The van der Waals surface area contributed by atoms with E-state index < -0.39 is 5.60 Å². The Morgan fingerprint density at radius 3 is 2.81 bits per heavy atom. The molecular formula is C14H22O2. The fourth-order valence-electron chi connectivity index (χ4n) is 2.09. The van der Waals surface area contributed by atoms with Gasteiger partial charge in [-0.1, -0.05) is 11.6 Å². The SMILES string of the molecule is C=CCC1CCC/C1=C\C(=O)OC(C)(C)C. The second kappa shape index (κ2) is 5.33. The highest BCUT2D eigenvalue weighted by atomic mass is 16.6. The summed E-state index contributed by atoms with van der Waals surface area (Å²) >= 11 is 0. The first-order valence-electron chi connectivity index (χ1n) is 5.96. The molecule has 1 aliphatic rings. The first-order valence-corrected chi connectivity index (χ1v) is 5.96. The van der Waals surface area contributed by atoms with E-state index in [9.17, 15) is 4.79 Å². The molecule has 0 aliphatic heterocycles. The molecule has 1 atom stereocenters. The maximum Gasteiger partial charge on any atom is 0.331 e. The topological polar surface area (TPSA) is 26.3 Å². The highest BCUT2D eigenvalue weighted by molar-refractivity contribution is 5.83. The van der Waals surface area contributed by atoms with Crippen LogP contribution >= 0.6 is 0 Å². The fraction of sp³-hybridized carbons (Fsp3) is 0.643. The first-order chi connectivity index (χ1) is 7.42. The van der Waals surface area contributed by atoms with Gasteiger partial charge >= 0.3 is 5.97 Å². The second-order valence-electron chi connectivity index (χ2n) is 5.37. The van der Waals surface area contributed by atoms with Gasteiger partial charge in [0.1, 0.15) is 5.60 Å². The summed E-state index contributed by atoms with van der Waals surface area (Å²) in [6.07, 6.45) is 7.95. The van der Waals surface area contributed by atoms with Crippen molar-refractivity contribution in [2.75, 3.05) is 0 Å². The van der Waals surface area contributed by atoms with Crippen LogP contribution in [0.5, 0.6) is 0 Å². The van der Waals surface area contributed by atoms with Crippen LogP contribution in [0.3, 0.4) is 0 Å². The van der Waals surface area contributed by atoms with Crippen LogP contribution in [0.2, 0.25) is 0 Å². The Labute approximate surface area is 98.4 Å². The molecule has 0 amide bonds. The lowest BCUT2D eigenvalue weighted by atomic mass is 9.99. The van der Waals surface area contributed by atoms with Crippen LogP contribution in [-0.4, -0.2) is 11.6 Å². The summed E-state index contributed by atoms with van der Waals surface area (Å²) in [4.78, 5) is 11.6. The molecule has 16 heavy (non-hydrogen) atoms. The van der Waals surface area contributed by atoms with Gasteiger partial charge in [-0.25, -0.2) is 4.79 Å². The molecule has 1 unspecified atom stereocenters. The fourth-order valence-corrected chi connectivity index (χ4v) is 2.09. The minimum atomic E-state index is -0.402. The van der Waals surface area contributed by atoms with E-state index in [4.69, 9.17) is 4.74 Å². The molecule has 90 valence electrons. The van der Waals surface area contributed by atoms with Crippen molar-refractivity contribution in [3.63, 3.8) is 0 Å². The van der Waals surface area contributed by atoms with Crippen molar-refractivity contribution in [1.82, 2.24) is 0 Å². The highest BCUT2D eigenvalue weighted by Crippen LogP contribution is 2.33. The summed E-state index contributed by atoms with van der Waals surface area (Å²) in [6.45, 7) is 9.42. The Bertz CT molecular complexity index is 294. The van der Waals surface area contributed by atoms with E-state index in [0.717, 1.165) is 12.8 Å². The van der Waals surface area contributed by atoms with Crippen LogP contribution in [0.4, 0.5) is 0 Å². The molecule has 1 fully saturated rings. The number of carbonyl (C=O) groups is 1. The Kier molecular flexibility index (Phi) is 4.34. The number of rotatable bonds is 3. The van der Waals surface area contributed by atoms with E-state index >= 15 is 0 Å². The molecule has 0 bridgehead atoms. The van der Waals surface area contributed by atoms with Crippen LogP contribution < -0.4 is 0 Å². The minimum absolute atomic E-state index is 0.210. The predicted octanol–water partition coefficient (Wildman–Crippen LogP) is 3.63. The van der Waals surface area contributed by atoms with E-state index in [0.29, 0.717) is 5.92 Å². The van der Waals surface area contributed by atoms with Crippen LogP contribution in [0.25, 0.3) is 0 Å². The zero-order valence-electron chi connectivity index (χ0n) is 10.6. The summed E-state index contributed by atoms with van der Waals surface area (Å²) in [5.41, 5.74) is 0.829. The van der Waals surface area contributed by atoms with Crippen molar-refractivity contribution in [1.29, 1.82) is 0 Å². The normalized spacial score (nSPS) is 23.4. The third-order valence-electron chi connectivity index (χ3n) is 2.70. The molecule has 2 nitrogen and oxygen atoms in total. The summed E-state index contributed by atoms with van der Waals surface area (Å²) in [5.74, 6) is 0.295. The molecule has 0 heterocycles. The van der Waals surface area contributed by atoms with Gasteiger partial charge in [0.05, 0.1) is 0 Å². The maximum atomic E-state index is 11.6. The Morgan fingerprint density at radius 2 is 2.25 bits per heavy atom. The van der Waals surface area contributed by atoms with Gasteiger partial charge in [-0.2, -0.15) is 0 Å². The summed E-state index contributed by atoms with van der Waals surface area (Å²) in [7, 11) is 0. The van der Waals surface area contributed by atoms with Gasteiger partial charge in [-0.15, -0.1) is 6.58 Å². The summed E-state index contributed by atoms with van der Waals surface area (Å²) in [5, 5.41) is 0. The van der Waals surface area contributed by atoms with E-state index in [1.165, 1.54) is 18.4 Å². The van der Waals surface area contributed by atoms with Gasteiger partial charge in [-0.05, 0) is 52.4 Å². The van der Waals surface area contributed by atoms with Gasteiger partial charge in [0.15, 0.2) is 0 Å². The molecule has 1 rings (SSSR count). The maximum absolute atomic E-state index is 11.6. The van der Waals surface area contributed by atoms with Crippen LogP contribution in [-0.2, 0) is 9.53 Å². The Hall–Kier alpha value is -1.05. The Morgan fingerprint density at radius 1 is 1.56 bits per heavy atom. The third kappa shape index (κ3) is 4.21. The average molecular weight is 222 g/mol. The van der Waals surface area contributed by atoms with Crippen LogP contribution in [0.15, 0.2) is 24.3 Å². The van der Waals surface area contributed by atoms with Crippen molar-refractivity contribution in [2.24, 2.45) is 5.92 Å². The summed E-state index contributed by atoms with van der Waals surface area (Å²) < 4.78 is 5.28. The zero-order chi connectivity index (χ0) is 12.2. The number of hydrogen-bond acceptors (Lipinski definition) is 2. The quantitative estimate of drug-likeness (QED) is 0.414. The van der Waals surface area contributed by atoms with E-state index in [2.05, 4.69) is 6.58 Å². The van der Waals surface area contributed by atoms with Crippen molar-refractivity contribution >= 4 is 5.97 Å². The second-order valence-corrected chi connectivity index (χ2v) is 5.37. The number of carbonyl (C=O) groups excluding carboxylic acids is 1. The third-order valence-corrected chi connectivity index (χ3v) is 2.70. The molecule has 0 aromatic heterocycles. The first kappa shape index (κ1) is 13.0. The molecule has 0 aromatic rings. The van der Waals surface area contributed by atoms with Crippen LogP contribution in [0.1, 0.15) is 46.5 Å². The zero-order valence-corrected chi connectivity index (χ0v) is 10.6. The smallest absolute Gasteiger partial charge is 0.331 e. The molecule has 0 spiro atoms. The largest absolute Gasteiger partial charge is 0.457 e. The van der Waals surface area contributed by atoms with Gasteiger partial charge < -0.3 is 4.74 Å². The lowest BCUT2D eigenvalue weighted by Gasteiger charge is -2.19. The molecule has 0 saturated heterocycles. The Balaban J connectivity index is 2.61. The monoisotopic (exact) mass is 222 g/mol. The van der Waals surface area contributed by atoms with Crippen molar-refractivity contribution < 1.29 is 9.53 Å². The molecule has 1 aliphatic carbocycles. The highest BCUT2D eigenvalue weighted by Gasteiger charge is 2.22. The standard InChI is InChI=1S/C14H22O2/c1-5-7-11-8-6-9-12(11)10-13(15)16-14(2,3)4/h5,10-11H,1,6-9H2,2-4H3/b12-10+. The van der Waals surface area contributed by atoms with Crippen molar-refractivity contribution in [3.05, 3.63) is 24.3 Å². The number of esters is 1. The molecule has 0 radical (unpaired) electrons. The lowest BCUT2D eigenvalue weighted by molar-refractivity contribution is -0.148. The number of ether oxygens (including phenoxy) is 1. The molecular weight excluding hydrogens is 200 g/mol. The molecule has 2 heteroatoms. The molecule has 1 saturated carbocycles. The van der Waals surface area contributed by atoms with Crippen LogP contribution in [0, 0.1) is 5.92 Å².